The van der Waals surface area contributed by atoms with Gasteiger partial charge in [-0.1, -0.05) is 43.7 Å². The third kappa shape index (κ3) is 2.49. The standard InChI is InChI=1S/C14H12OS.C2H6/c1-9-3-5-11(6-4-9)13-8-12-14(16-13)7-10(2)15-12;1-2/h3-8H,1-2H3;1-2H3. The molecular formula is C16H18OS. The van der Waals surface area contributed by atoms with Crippen molar-refractivity contribution in [3.63, 3.8) is 0 Å². The second-order valence-electron chi connectivity index (χ2n) is 4.06. The average Bonchev–Trinajstić information content (AvgIpc) is 2.89. The summed E-state index contributed by atoms with van der Waals surface area (Å²) < 4.78 is 6.83. The lowest BCUT2D eigenvalue weighted by molar-refractivity contribution is 0.579. The van der Waals surface area contributed by atoms with E-state index >= 15 is 0 Å². The van der Waals surface area contributed by atoms with E-state index in [-0.39, 0.29) is 0 Å². The van der Waals surface area contributed by atoms with E-state index in [4.69, 9.17) is 4.42 Å². The van der Waals surface area contributed by atoms with Crippen LogP contribution in [0.3, 0.4) is 0 Å². The Bertz CT molecular complexity index is 597. The number of hydrogen-bond donors (Lipinski definition) is 0. The molecule has 0 aliphatic carbocycles. The zero-order chi connectivity index (χ0) is 13.1. The number of benzene rings is 1. The quantitative estimate of drug-likeness (QED) is 0.537. The smallest absolute Gasteiger partial charge is 0.145 e. The molecule has 1 nitrogen and oxygen atoms in total. The summed E-state index contributed by atoms with van der Waals surface area (Å²) in [5.41, 5.74) is 3.55. The maximum atomic E-state index is 5.60. The highest BCUT2D eigenvalue weighted by molar-refractivity contribution is 7.22. The summed E-state index contributed by atoms with van der Waals surface area (Å²) in [6.07, 6.45) is 0. The number of hydrogen-bond acceptors (Lipinski definition) is 2. The van der Waals surface area contributed by atoms with Crippen molar-refractivity contribution in [2.24, 2.45) is 0 Å². The molecule has 0 atom stereocenters. The Balaban J connectivity index is 0.000000574. The molecule has 0 radical (unpaired) electrons. The Morgan fingerprint density at radius 3 is 2.22 bits per heavy atom. The molecule has 0 spiro atoms. The zero-order valence-electron chi connectivity index (χ0n) is 11.3. The van der Waals surface area contributed by atoms with Crippen LogP contribution in [-0.4, -0.2) is 0 Å². The van der Waals surface area contributed by atoms with Crippen molar-refractivity contribution in [3.8, 4) is 10.4 Å². The van der Waals surface area contributed by atoms with E-state index < -0.39 is 0 Å². The van der Waals surface area contributed by atoms with Crippen molar-refractivity contribution < 1.29 is 4.42 Å². The first-order valence-electron chi connectivity index (χ1n) is 6.29. The van der Waals surface area contributed by atoms with E-state index in [0.29, 0.717) is 0 Å². The monoisotopic (exact) mass is 258 g/mol. The summed E-state index contributed by atoms with van der Waals surface area (Å²) >= 11 is 1.78. The van der Waals surface area contributed by atoms with Crippen LogP contribution in [0.1, 0.15) is 25.2 Å². The molecule has 3 rings (SSSR count). The summed E-state index contributed by atoms with van der Waals surface area (Å²) in [4.78, 5) is 1.27. The molecule has 18 heavy (non-hydrogen) atoms. The molecule has 2 heteroatoms. The van der Waals surface area contributed by atoms with Crippen LogP contribution in [0.15, 0.2) is 40.8 Å². The van der Waals surface area contributed by atoms with Crippen molar-refractivity contribution in [2.45, 2.75) is 27.7 Å². The van der Waals surface area contributed by atoms with Gasteiger partial charge in [-0.25, -0.2) is 0 Å². The number of furan rings is 1. The first-order chi connectivity index (χ1) is 8.72. The van der Waals surface area contributed by atoms with E-state index in [9.17, 15) is 0 Å². The van der Waals surface area contributed by atoms with Gasteiger partial charge in [-0.3, -0.25) is 0 Å². The molecule has 0 fully saturated rings. The first-order valence-corrected chi connectivity index (χ1v) is 7.11. The van der Waals surface area contributed by atoms with Gasteiger partial charge in [0.2, 0.25) is 0 Å². The van der Waals surface area contributed by atoms with E-state index in [1.54, 1.807) is 11.3 Å². The van der Waals surface area contributed by atoms with Crippen LogP contribution in [-0.2, 0) is 0 Å². The first kappa shape index (κ1) is 12.9. The Kier molecular flexibility index (Phi) is 3.87. The van der Waals surface area contributed by atoms with Gasteiger partial charge in [-0.15, -0.1) is 11.3 Å². The predicted molar refractivity (Wildman–Crippen MR) is 80.3 cm³/mol. The van der Waals surface area contributed by atoms with Gasteiger partial charge < -0.3 is 4.42 Å². The van der Waals surface area contributed by atoms with Gasteiger partial charge >= 0.3 is 0 Å². The Morgan fingerprint density at radius 2 is 1.61 bits per heavy atom. The minimum Gasteiger partial charge on any atom is -0.460 e. The number of aryl methyl sites for hydroxylation is 2. The lowest BCUT2D eigenvalue weighted by Crippen LogP contribution is -1.73. The SMILES string of the molecule is CC.Cc1ccc(-c2cc3oc(C)cc3s2)cc1. The molecule has 2 aromatic heterocycles. The zero-order valence-corrected chi connectivity index (χ0v) is 12.1. The van der Waals surface area contributed by atoms with Crippen LogP contribution < -0.4 is 0 Å². The lowest BCUT2D eigenvalue weighted by atomic mass is 10.1. The number of fused-ring (bicyclic) bond motifs is 1. The number of rotatable bonds is 1. The third-order valence-electron chi connectivity index (χ3n) is 2.67. The fourth-order valence-corrected chi connectivity index (χ4v) is 2.90. The third-order valence-corrected chi connectivity index (χ3v) is 3.78. The highest BCUT2D eigenvalue weighted by atomic mass is 32.1. The average molecular weight is 258 g/mol. The van der Waals surface area contributed by atoms with Gasteiger partial charge in [0.25, 0.3) is 0 Å². The minimum absolute atomic E-state index is 0.983. The molecule has 0 saturated heterocycles. The maximum absolute atomic E-state index is 5.60. The van der Waals surface area contributed by atoms with Crippen LogP contribution in [0.5, 0.6) is 0 Å². The van der Waals surface area contributed by atoms with E-state index in [1.807, 2.05) is 20.8 Å². The van der Waals surface area contributed by atoms with Crippen LogP contribution in [0.25, 0.3) is 20.7 Å². The van der Waals surface area contributed by atoms with Crippen molar-refractivity contribution in [3.05, 3.63) is 47.7 Å². The highest BCUT2D eigenvalue weighted by Gasteiger charge is 2.07. The molecule has 0 N–H and O–H groups in total. The molecule has 0 bridgehead atoms. The lowest BCUT2D eigenvalue weighted by Gasteiger charge is -1.97. The molecular weight excluding hydrogens is 240 g/mol. The summed E-state index contributed by atoms with van der Waals surface area (Å²) in [5, 5.41) is 0. The molecule has 0 saturated carbocycles. The van der Waals surface area contributed by atoms with E-state index in [2.05, 4.69) is 43.3 Å². The van der Waals surface area contributed by atoms with E-state index in [1.165, 1.54) is 20.7 Å². The number of thiophene rings is 1. The summed E-state index contributed by atoms with van der Waals surface area (Å²) in [6, 6.07) is 12.8. The predicted octanol–water partition coefficient (Wildman–Crippen LogP) is 5.80. The molecule has 2 heterocycles. The molecule has 0 unspecified atom stereocenters. The van der Waals surface area contributed by atoms with Gasteiger partial charge in [0, 0.05) is 10.9 Å². The molecule has 0 aliphatic rings. The van der Waals surface area contributed by atoms with Crippen molar-refractivity contribution in [1.29, 1.82) is 0 Å². The Hall–Kier alpha value is -1.54. The van der Waals surface area contributed by atoms with Gasteiger partial charge in [-0.05, 0) is 25.5 Å². The summed E-state index contributed by atoms with van der Waals surface area (Å²) in [5.74, 6) is 0.983. The van der Waals surface area contributed by atoms with Gasteiger partial charge in [-0.2, -0.15) is 0 Å². The van der Waals surface area contributed by atoms with Crippen LogP contribution in [0.2, 0.25) is 0 Å². The molecule has 94 valence electrons. The largest absolute Gasteiger partial charge is 0.460 e. The topological polar surface area (TPSA) is 13.1 Å². The maximum Gasteiger partial charge on any atom is 0.145 e. The van der Waals surface area contributed by atoms with E-state index in [0.717, 1.165) is 11.3 Å². The van der Waals surface area contributed by atoms with Gasteiger partial charge in [0.15, 0.2) is 0 Å². The van der Waals surface area contributed by atoms with Crippen molar-refractivity contribution >= 4 is 21.6 Å². The van der Waals surface area contributed by atoms with Crippen molar-refractivity contribution in [2.75, 3.05) is 0 Å². The molecule has 0 aliphatic heterocycles. The normalized spacial score (nSPS) is 10.2. The Labute approximate surface area is 112 Å². The highest BCUT2D eigenvalue weighted by Crippen LogP contribution is 2.35. The molecule has 0 amide bonds. The fourth-order valence-electron chi connectivity index (χ4n) is 1.82. The van der Waals surface area contributed by atoms with Gasteiger partial charge in [0.1, 0.15) is 11.3 Å². The molecule has 3 aromatic rings. The van der Waals surface area contributed by atoms with Crippen LogP contribution in [0.4, 0.5) is 0 Å². The minimum atomic E-state index is 0.983. The summed E-state index contributed by atoms with van der Waals surface area (Å²) in [7, 11) is 0. The van der Waals surface area contributed by atoms with Gasteiger partial charge in [0.05, 0.1) is 4.70 Å². The summed E-state index contributed by atoms with van der Waals surface area (Å²) in [6.45, 7) is 8.09. The second-order valence-corrected chi connectivity index (χ2v) is 5.15. The van der Waals surface area contributed by atoms with Crippen LogP contribution >= 0.6 is 11.3 Å². The van der Waals surface area contributed by atoms with Crippen LogP contribution in [0, 0.1) is 13.8 Å². The second kappa shape index (κ2) is 5.40. The molecule has 1 aromatic carbocycles. The van der Waals surface area contributed by atoms with Crippen molar-refractivity contribution in [1.82, 2.24) is 0 Å². The fraction of sp³-hybridized carbons (Fsp3) is 0.250. The Morgan fingerprint density at radius 1 is 0.944 bits per heavy atom.